The molecule has 2 rings (SSSR count). The van der Waals surface area contributed by atoms with Gasteiger partial charge in [-0.2, -0.15) is 0 Å². The molecule has 7 nitrogen and oxygen atoms in total. The summed E-state index contributed by atoms with van der Waals surface area (Å²) in [6.07, 6.45) is -0.377. The van der Waals surface area contributed by atoms with Crippen LogP contribution in [0.2, 0.25) is 0 Å². The van der Waals surface area contributed by atoms with Gasteiger partial charge in [-0.3, -0.25) is 4.57 Å². The van der Waals surface area contributed by atoms with Crippen molar-refractivity contribution in [2.45, 2.75) is 52.4 Å². The Morgan fingerprint density at radius 1 is 1.16 bits per heavy atom. The average molecular weight is 371 g/mol. The van der Waals surface area contributed by atoms with Crippen LogP contribution in [0, 0.1) is 0 Å². The van der Waals surface area contributed by atoms with Gasteiger partial charge >= 0.3 is 14.7 Å². The van der Waals surface area contributed by atoms with Gasteiger partial charge in [0, 0.05) is 6.54 Å². The summed E-state index contributed by atoms with van der Waals surface area (Å²) in [7, 11) is -4.61. The van der Waals surface area contributed by atoms with Gasteiger partial charge in [0.05, 0.1) is 24.1 Å². The molecule has 1 fully saturated rings. The third-order valence-corrected chi connectivity index (χ3v) is 5.11. The molecule has 0 bridgehead atoms. The normalized spacial score (nSPS) is 19.2. The molecule has 9 heteroatoms. The highest BCUT2D eigenvalue weighted by Gasteiger charge is 2.51. The minimum atomic E-state index is -4.09. The van der Waals surface area contributed by atoms with Crippen molar-refractivity contribution in [2.75, 3.05) is 12.9 Å². The first-order valence-electron chi connectivity index (χ1n) is 8.31. The second-order valence-corrected chi connectivity index (χ2v) is 8.83. The molecule has 0 radical (unpaired) electrons. The van der Waals surface area contributed by atoms with E-state index in [9.17, 15) is 4.57 Å². The summed E-state index contributed by atoms with van der Waals surface area (Å²) in [4.78, 5) is 17.9. The topological polar surface area (TPSA) is 97.3 Å². The zero-order valence-electron chi connectivity index (χ0n) is 15.4. The SMILES string of the molecule is CCOc1cc(CNCP(=O)(O)O)cc(B2OC(C)(C)C(C)(C)O2)c1. The van der Waals surface area contributed by atoms with Gasteiger partial charge in [-0.15, -0.1) is 0 Å². The molecule has 0 spiro atoms. The molecule has 0 aliphatic carbocycles. The van der Waals surface area contributed by atoms with Crippen LogP contribution in [0.25, 0.3) is 0 Å². The lowest BCUT2D eigenvalue weighted by molar-refractivity contribution is 0.00578. The lowest BCUT2D eigenvalue weighted by Crippen LogP contribution is -2.41. The summed E-state index contributed by atoms with van der Waals surface area (Å²) >= 11 is 0. The highest BCUT2D eigenvalue weighted by molar-refractivity contribution is 7.51. The van der Waals surface area contributed by atoms with Gasteiger partial charge in [-0.05, 0) is 57.8 Å². The van der Waals surface area contributed by atoms with Crippen LogP contribution in [0.3, 0.4) is 0 Å². The molecule has 0 aromatic heterocycles. The Hall–Kier alpha value is -0.885. The van der Waals surface area contributed by atoms with E-state index in [1.54, 1.807) is 0 Å². The van der Waals surface area contributed by atoms with Crippen LogP contribution in [0.5, 0.6) is 5.75 Å². The van der Waals surface area contributed by atoms with Gasteiger partial charge in [-0.1, -0.05) is 6.07 Å². The Balaban J connectivity index is 2.21. The third-order valence-electron chi connectivity index (χ3n) is 4.47. The quantitative estimate of drug-likeness (QED) is 0.495. The number of rotatable bonds is 7. The largest absolute Gasteiger partial charge is 0.494 e. The number of hydrogen-bond donors (Lipinski definition) is 3. The van der Waals surface area contributed by atoms with E-state index in [4.69, 9.17) is 23.8 Å². The zero-order valence-corrected chi connectivity index (χ0v) is 16.3. The van der Waals surface area contributed by atoms with Gasteiger partial charge < -0.3 is 29.1 Å². The summed E-state index contributed by atoms with van der Waals surface area (Å²) in [5, 5.41) is 2.76. The second kappa shape index (κ2) is 7.39. The molecule has 0 amide bonds. The maximum atomic E-state index is 11.0. The minimum absolute atomic E-state index is 0.304. The molecule has 1 heterocycles. The number of nitrogens with one attached hydrogen (secondary N) is 1. The maximum absolute atomic E-state index is 11.0. The lowest BCUT2D eigenvalue weighted by atomic mass is 9.78. The molecule has 1 aromatic rings. The van der Waals surface area contributed by atoms with Gasteiger partial charge in [0.25, 0.3) is 0 Å². The second-order valence-electron chi connectivity index (χ2n) is 7.18. The van der Waals surface area contributed by atoms with E-state index in [0.29, 0.717) is 18.9 Å². The van der Waals surface area contributed by atoms with E-state index in [1.165, 1.54) is 0 Å². The monoisotopic (exact) mass is 371 g/mol. The van der Waals surface area contributed by atoms with Crippen molar-refractivity contribution in [1.29, 1.82) is 0 Å². The predicted octanol–water partition coefficient (Wildman–Crippen LogP) is 1.61. The third kappa shape index (κ3) is 5.30. The fourth-order valence-corrected chi connectivity index (χ4v) is 2.90. The molecular formula is C16H27BNO6P. The standard InChI is InChI=1S/C16H27BNO6P/c1-6-22-14-8-12(10-18-11-25(19,20)21)7-13(9-14)17-23-15(2,3)16(4,5)24-17/h7-9,18H,6,10-11H2,1-5H3,(H2,19,20,21). The maximum Gasteiger partial charge on any atom is 0.494 e. The summed E-state index contributed by atoms with van der Waals surface area (Å²) in [6.45, 7) is 10.7. The van der Waals surface area contributed by atoms with E-state index < -0.39 is 25.9 Å². The Kier molecular flexibility index (Phi) is 6.04. The lowest BCUT2D eigenvalue weighted by Gasteiger charge is -2.32. The Bertz CT molecular complexity index is 644. The molecule has 1 saturated heterocycles. The van der Waals surface area contributed by atoms with E-state index >= 15 is 0 Å². The summed E-state index contributed by atoms with van der Waals surface area (Å²) in [5.74, 6) is 0.669. The van der Waals surface area contributed by atoms with Gasteiger partial charge in [0.1, 0.15) is 5.75 Å². The number of hydrogen-bond acceptors (Lipinski definition) is 5. The molecular weight excluding hydrogens is 344 g/mol. The van der Waals surface area contributed by atoms with Gasteiger partial charge in [-0.25, -0.2) is 0 Å². The molecule has 0 saturated carbocycles. The summed E-state index contributed by atoms with van der Waals surface area (Å²) < 4.78 is 28.7. The fraction of sp³-hybridized carbons (Fsp3) is 0.625. The van der Waals surface area contributed by atoms with E-state index in [1.807, 2.05) is 52.8 Å². The molecule has 1 aliphatic heterocycles. The van der Waals surface area contributed by atoms with Crippen LogP contribution >= 0.6 is 7.60 Å². The van der Waals surface area contributed by atoms with Gasteiger partial charge in [0.15, 0.2) is 0 Å². The van der Waals surface area contributed by atoms with E-state index in [0.717, 1.165) is 11.0 Å². The molecule has 3 N–H and O–H groups in total. The van der Waals surface area contributed by atoms with Crippen LogP contribution < -0.4 is 15.5 Å². The molecule has 1 aliphatic rings. The molecule has 1 aromatic carbocycles. The Morgan fingerprint density at radius 2 is 1.76 bits per heavy atom. The van der Waals surface area contributed by atoms with Crippen LogP contribution in [0.4, 0.5) is 0 Å². The van der Waals surface area contributed by atoms with Crippen molar-refractivity contribution in [3.8, 4) is 5.75 Å². The molecule has 25 heavy (non-hydrogen) atoms. The highest BCUT2D eigenvalue weighted by Crippen LogP contribution is 2.37. The first-order valence-corrected chi connectivity index (χ1v) is 10.1. The summed E-state index contributed by atoms with van der Waals surface area (Å²) in [5.41, 5.74) is 0.762. The van der Waals surface area contributed by atoms with E-state index in [2.05, 4.69) is 5.32 Å². The molecule has 0 unspecified atom stereocenters. The van der Waals surface area contributed by atoms with Crippen molar-refractivity contribution >= 4 is 20.2 Å². The zero-order chi connectivity index (χ0) is 18.9. The first kappa shape index (κ1) is 20.4. The van der Waals surface area contributed by atoms with Gasteiger partial charge in [0.2, 0.25) is 0 Å². The number of benzene rings is 1. The van der Waals surface area contributed by atoms with Crippen molar-refractivity contribution < 1.29 is 28.4 Å². The summed E-state index contributed by atoms with van der Waals surface area (Å²) in [6, 6.07) is 5.61. The smallest absolute Gasteiger partial charge is 0.494 e. The fourth-order valence-electron chi connectivity index (χ4n) is 2.50. The van der Waals surface area contributed by atoms with Crippen LogP contribution in [0.15, 0.2) is 18.2 Å². The number of ether oxygens (including phenoxy) is 1. The highest BCUT2D eigenvalue weighted by atomic mass is 31.2. The van der Waals surface area contributed by atoms with E-state index in [-0.39, 0.29) is 6.29 Å². The van der Waals surface area contributed by atoms with Crippen molar-refractivity contribution in [3.63, 3.8) is 0 Å². The van der Waals surface area contributed by atoms with Crippen molar-refractivity contribution in [3.05, 3.63) is 23.8 Å². The Morgan fingerprint density at radius 3 is 2.28 bits per heavy atom. The van der Waals surface area contributed by atoms with Crippen LogP contribution in [0.1, 0.15) is 40.2 Å². The Labute approximate surface area is 149 Å². The first-order chi connectivity index (χ1) is 11.4. The van der Waals surface area contributed by atoms with Crippen molar-refractivity contribution in [2.24, 2.45) is 0 Å². The van der Waals surface area contributed by atoms with Crippen LogP contribution in [-0.2, 0) is 20.4 Å². The van der Waals surface area contributed by atoms with Crippen LogP contribution in [-0.4, -0.2) is 41.0 Å². The minimum Gasteiger partial charge on any atom is -0.494 e. The molecule has 140 valence electrons. The average Bonchev–Trinajstić information content (AvgIpc) is 2.66. The van der Waals surface area contributed by atoms with Crippen molar-refractivity contribution in [1.82, 2.24) is 5.32 Å². The predicted molar refractivity (Wildman–Crippen MR) is 97.1 cm³/mol. The molecule has 0 atom stereocenters.